The second-order valence-corrected chi connectivity index (χ2v) is 7.35. The molecule has 0 saturated carbocycles. The minimum Gasteiger partial charge on any atom is -0.394 e. The molecule has 0 aliphatic carbocycles. The predicted molar refractivity (Wildman–Crippen MR) is 125 cm³/mol. The van der Waals surface area contributed by atoms with Crippen LogP contribution in [0.2, 0.25) is 0 Å². The molecule has 2 aromatic carbocycles. The maximum Gasteiger partial charge on any atom is 0.251 e. The van der Waals surface area contributed by atoms with E-state index in [4.69, 9.17) is 0 Å². The Morgan fingerprint density at radius 3 is 2.64 bits per heavy atom. The Morgan fingerprint density at radius 1 is 1.15 bits per heavy atom. The molecule has 10 heteroatoms. The van der Waals surface area contributed by atoms with Crippen LogP contribution in [0, 0.1) is 6.92 Å². The van der Waals surface area contributed by atoms with E-state index in [0.29, 0.717) is 28.6 Å². The Morgan fingerprint density at radius 2 is 1.97 bits per heavy atom. The van der Waals surface area contributed by atoms with Crippen LogP contribution in [0.3, 0.4) is 0 Å². The highest BCUT2D eigenvalue weighted by Gasteiger charge is 2.17. The summed E-state index contributed by atoms with van der Waals surface area (Å²) in [7, 11) is 1.60. The number of carbonyl (C=O) groups excluding carboxylic acids is 1. The van der Waals surface area contributed by atoms with Crippen LogP contribution >= 0.6 is 0 Å². The summed E-state index contributed by atoms with van der Waals surface area (Å²) in [5.41, 5.74) is 4.38. The van der Waals surface area contributed by atoms with E-state index in [1.807, 2.05) is 43.3 Å². The molecule has 0 saturated heterocycles. The van der Waals surface area contributed by atoms with E-state index in [-0.39, 0.29) is 18.6 Å². The number of aromatic amines is 1. The largest absolute Gasteiger partial charge is 0.394 e. The minimum atomic E-state index is -0.377. The molecule has 0 fully saturated rings. The Bertz CT molecular complexity index is 1230. The lowest BCUT2D eigenvalue weighted by Gasteiger charge is -2.19. The van der Waals surface area contributed by atoms with Crippen LogP contribution in [0.25, 0.3) is 11.3 Å². The average molecular weight is 444 g/mol. The summed E-state index contributed by atoms with van der Waals surface area (Å²) >= 11 is 0. The summed E-state index contributed by atoms with van der Waals surface area (Å²) in [6.45, 7) is 1.74. The topological polar surface area (TPSA) is 141 Å². The Kier molecular flexibility index (Phi) is 6.56. The van der Waals surface area contributed by atoms with E-state index in [1.54, 1.807) is 31.6 Å². The predicted octanol–water partition coefficient (Wildman–Crippen LogP) is 2.82. The second kappa shape index (κ2) is 9.88. The zero-order valence-corrected chi connectivity index (χ0v) is 18.2. The zero-order valence-electron chi connectivity index (χ0n) is 18.2. The quantitative estimate of drug-likeness (QED) is 0.279. The summed E-state index contributed by atoms with van der Waals surface area (Å²) in [6.07, 6.45) is 3.23. The van der Waals surface area contributed by atoms with Gasteiger partial charge in [-0.2, -0.15) is 4.98 Å². The van der Waals surface area contributed by atoms with Gasteiger partial charge in [-0.3, -0.25) is 9.89 Å². The maximum absolute atomic E-state index is 11.9. The van der Waals surface area contributed by atoms with Gasteiger partial charge < -0.3 is 21.1 Å². The normalized spacial score (nSPS) is 11.6. The van der Waals surface area contributed by atoms with Gasteiger partial charge in [0, 0.05) is 24.5 Å². The van der Waals surface area contributed by atoms with Crippen LogP contribution in [0.4, 0.5) is 17.5 Å². The number of anilines is 3. The molecule has 0 radical (unpaired) electrons. The smallest absolute Gasteiger partial charge is 0.251 e. The van der Waals surface area contributed by atoms with Crippen molar-refractivity contribution in [3.8, 4) is 11.3 Å². The van der Waals surface area contributed by atoms with E-state index in [9.17, 15) is 9.90 Å². The van der Waals surface area contributed by atoms with Crippen molar-refractivity contribution < 1.29 is 9.90 Å². The monoisotopic (exact) mass is 444 g/mol. The number of aromatic nitrogens is 5. The maximum atomic E-state index is 11.9. The molecule has 0 unspecified atom stereocenters. The van der Waals surface area contributed by atoms with Crippen LogP contribution in [0.5, 0.6) is 0 Å². The van der Waals surface area contributed by atoms with Gasteiger partial charge in [-0.15, -0.1) is 5.10 Å². The molecule has 0 aliphatic heterocycles. The fourth-order valence-corrected chi connectivity index (χ4v) is 3.42. The standard InChI is InChI=1S/C23H24N8O2/c1-14-10-16(8-9-17(14)22(33)24-2)27-23-25-11-18(19-12-26-31-30-19)21(29-23)28-20(13-32)15-6-4-3-5-7-15/h3-12,20,32H,13H2,1-2H3,(H,24,33)(H,26,30,31)(H2,25,27,28,29)/t20-/m1/s1. The van der Waals surface area contributed by atoms with Gasteiger partial charge in [0.1, 0.15) is 5.82 Å². The molecule has 4 rings (SSSR count). The molecule has 1 amide bonds. The zero-order chi connectivity index (χ0) is 23.2. The number of aryl methyl sites for hydroxylation is 1. The number of amides is 1. The molecule has 5 N–H and O–H groups in total. The molecule has 0 spiro atoms. The van der Waals surface area contributed by atoms with E-state index < -0.39 is 0 Å². The lowest BCUT2D eigenvalue weighted by Crippen LogP contribution is -2.19. The van der Waals surface area contributed by atoms with E-state index in [0.717, 1.165) is 16.8 Å². The highest BCUT2D eigenvalue weighted by atomic mass is 16.3. The Hall–Kier alpha value is -4.31. The van der Waals surface area contributed by atoms with Gasteiger partial charge in [0.2, 0.25) is 5.95 Å². The van der Waals surface area contributed by atoms with E-state index >= 15 is 0 Å². The van der Waals surface area contributed by atoms with Crippen molar-refractivity contribution in [2.24, 2.45) is 0 Å². The summed E-state index contributed by atoms with van der Waals surface area (Å²) in [6, 6.07) is 14.6. The van der Waals surface area contributed by atoms with E-state index in [1.165, 1.54) is 0 Å². The summed E-state index contributed by atoms with van der Waals surface area (Å²) < 4.78 is 0. The van der Waals surface area contributed by atoms with Gasteiger partial charge in [0.15, 0.2) is 0 Å². The van der Waals surface area contributed by atoms with Gasteiger partial charge in [-0.05, 0) is 36.2 Å². The Labute approximate surface area is 190 Å². The van der Waals surface area contributed by atoms with Gasteiger partial charge in [-0.1, -0.05) is 35.5 Å². The highest BCUT2D eigenvalue weighted by molar-refractivity contribution is 5.95. The van der Waals surface area contributed by atoms with Crippen molar-refractivity contribution >= 4 is 23.4 Å². The third kappa shape index (κ3) is 4.96. The number of rotatable bonds is 8. The van der Waals surface area contributed by atoms with Crippen molar-refractivity contribution in [1.82, 2.24) is 30.7 Å². The van der Waals surface area contributed by atoms with Gasteiger partial charge in [0.25, 0.3) is 5.91 Å². The molecule has 1 atom stereocenters. The molecule has 2 heterocycles. The third-order valence-corrected chi connectivity index (χ3v) is 5.14. The number of aliphatic hydroxyl groups is 1. The number of hydrogen-bond donors (Lipinski definition) is 5. The molecule has 0 aliphatic rings. The summed E-state index contributed by atoms with van der Waals surface area (Å²) in [5, 5.41) is 29.5. The second-order valence-electron chi connectivity index (χ2n) is 7.35. The van der Waals surface area contributed by atoms with Gasteiger partial charge >= 0.3 is 0 Å². The van der Waals surface area contributed by atoms with Crippen LogP contribution in [-0.2, 0) is 0 Å². The average Bonchev–Trinajstić information content (AvgIpc) is 3.37. The lowest BCUT2D eigenvalue weighted by molar-refractivity contribution is 0.0962. The van der Waals surface area contributed by atoms with Crippen LogP contribution in [0.15, 0.2) is 60.9 Å². The van der Waals surface area contributed by atoms with E-state index in [2.05, 4.69) is 41.3 Å². The molecule has 168 valence electrons. The molecule has 10 nitrogen and oxygen atoms in total. The van der Waals surface area contributed by atoms with Crippen molar-refractivity contribution in [3.05, 3.63) is 77.6 Å². The van der Waals surface area contributed by atoms with Crippen LogP contribution < -0.4 is 16.0 Å². The van der Waals surface area contributed by atoms with Crippen molar-refractivity contribution in [2.75, 3.05) is 24.3 Å². The molecule has 2 aromatic heterocycles. The lowest BCUT2D eigenvalue weighted by atomic mass is 10.1. The fraction of sp³-hybridized carbons (Fsp3) is 0.174. The van der Waals surface area contributed by atoms with Crippen molar-refractivity contribution in [2.45, 2.75) is 13.0 Å². The van der Waals surface area contributed by atoms with Crippen molar-refractivity contribution in [3.63, 3.8) is 0 Å². The summed E-state index contributed by atoms with van der Waals surface area (Å²) in [5.74, 6) is 0.709. The number of carbonyl (C=O) groups is 1. The molecule has 33 heavy (non-hydrogen) atoms. The first-order valence-electron chi connectivity index (χ1n) is 10.3. The van der Waals surface area contributed by atoms with Gasteiger partial charge in [-0.25, -0.2) is 4.98 Å². The molecular weight excluding hydrogens is 420 g/mol. The molecule has 4 aromatic rings. The number of aliphatic hydroxyl groups excluding tert-OH is 1. The number of hydrogen-bond acceptors (Lipinski definition) is 8. The minimum absolute atomic E-state index is 0.127. The first kappa shape index (κ1) is 21.9. The van der Waals surface area contributed by atoms with Crippen LogP contribution in [0.1, 0.15) is 27.5 Å². The number of nitrogens with zero attached hydrogens (tertiary/aromatic N) is 4. The molecular formula is C23H24N8O2. The first-order valence-corrected chi connectivity index (χ1v) is 10.3. The van der Waals surface area contributed by atoms with Gasteiger partial charge in [0.05, 0.1) is 30.1 Å². The SMILES string of the molecule is CNC(=O)c1ccc(Nc2ncc(-c3cnn[nH]3)c(N[C@H](CO)c3ccccc3)n2)cc1C. The number of nitrogens with one attached hydrogen (secondary N) is 4. The third-order valence-electron chi connectivity index (χ3n) is 5.14. The number of benzene rings is 2. The highest BCUT2D eigenvalue weighted by Crippen LogP contribution is 2.29. The summed E-state index contributed by atoms with van der Waals surface area (Å²) in [4.78, 5) is 21.0. The fourth-order valence-electron chi connectivity index (χ4n) is 3.42. The Balaban J connectivity index is 1.65. The first-order chi connectivity index (χ1) is 16.1. The van der Waals surface area contributed by atoms with Crippen molar-refractivity contribution in [1.29, 1.82) is 0 Å². The van der Waals surface area contributed by atoms with Crippen LogP contribution in [-0.4, -0.2) is 50.0 Å². The number of H-pyrrole nitrogens is 1. The molecule has 0 bridgehead atoms.